The number of rotatable bonds is 5. The molecule has 1 heterocycles. The fraction of sp³-hybridized carbons (Fsp3) is 0.385. The number of para-hydroxylation sites is 2. The lowest BCUT2D eigenvalue weighted by Crippen LogP contribution is -2.15. The SMILES string of the molecule is CC(CCNc1cnc2ccccc2n1)S(C)=O. The summed E-state index contributed by atoms with van der Waals surface area (Å²) in [6.45, 7) is 2.75. The minimum absolute atomic E-state index is 0.200. The summed E-state index contributed by atoms with van der Waals surface area (Å²) in [6.07, 6.45) is 4.33. The second-order valence-corrected chi connectivity index (χ2v) is 6.07. The summed E-state index contributed by atoms with van der Waals surface area (Å²) >= 11 is 0. The van der Waals surface area contributed by atoms with Gasteiger partial charge in [-0.15, -0.1) is 0 Å². The first kappa shape index (κ1) is 13.0. The van der Waals surface area contributed by atoms with Gasteiger partial charge in [0.05, 0.1) is 17.2 Å². The third-order valence-electron chi connectivity index (χ3n) is 2.87. The Balaban J connectivity index is 1.98. The standard InChI is InChI=1S/C13H17N3OS/c1-10(18(2)17)7-8-14-13-9-15-11-5-3-4-6-12(11)16-13/h3-6,9-10H,7-8H2,1-2H3,(H,14,16). The van der Waals surface area contributed by atoms with Gasteiger partial charge in [0.25, 0.3) is 0 Å². The zero-order valence-corrected chi connectivity index (χ0v) is 11.4. The number of fused-ring (bicyclic) bond motifs is 1. The van der Waals surface area contributed by atoms with Crippen LogP contribution in [-0.4, -0.2) is 32.2 Å². The number of aromatic nitrogens is 2. The van der Waals surface area contributed by atoms with E-state index in [1.54, 1.807) is 12.5 Å². The third-order valence-corrected chi connectivity index (χ3v) is 4.24. The second-order valence-electron chi connectivity index (χ2n) is 4.27. The Bertz CT molecular complexity index is 559. The van der Waals surface area contributed by atoms with E-state index in [1.807, 2.05) is 31.2 Å². The van der Waals surface area contributed by atoms with Gasteiger partial charge in [-0.2, -0.15) is 0 Å². The molecule has 0 saturated heterocycles. The lowest BCUT2D eigenvalue weighted by atomic mass is 10.3. The molecule has 1 N–H and O–H groups in total. The Hall–Kier alpha value is -1.49. The summed E-state index contributed by atoms with van der Waals surface area (Å²) in [4.78, 5) is 8.80. The molecule has 0 amide bonds. The van der Waals surface area contributed by atoms with E-state index in [9.17, 15) is 4.21 Å². The van der Waals surface area contributed by atoms with Crippen LogP contribution in [-0.2, 0) is 10.8 Å². The molecule has 5 heteroatoms. The van der Waals surface area contributed by atoms with Crippen molar-refractivity contribution >= 4 is 27.7 Å². The molecule has 4 nitrogen and oxygen atoms in total. The largest absolute Gasteiger partial charge is 0.369 e. The van der Waals surface area contributed by atoms with Crippen LogP contribution >= 0.6 is 0 Å². The quantitative estimate of drug-likeness (QED) is 0.898. The summed E-state index contributed by atoms with van der Waals surface area (Å²) < 4.78 is 11.2. The zero-order chi connectivity index (χ0) is 13.0. The van der Waals surface area contributed by atoms with Crippen LogP contribution in [0.5, 0.6) is 0 Å². The molecule has 2 atom stereocenters. The van der Waals surface area contributed by atoms with Crippen LogP contribution in [0.4, 0.5) is 5.82 Å². The van der Waals surface area contributed by atoms with Gasteiger partial charge >= 0.3 is 0 Å². The number of anilines is 1. The summed E-state index contributed by atoms with van der Waals surface area (Å²) in [7, 11) is -0.766. The summed E-state index contributed by atoms with van der Waals surface area (Å²) in [5, 5.41) is 3.41. The van der Waals surface area contributed by atoms with Crippen LogP contribution in [0.1, 0.15) is 13.3 Å². The molecule has 2 rings (SSSR count). The number of nitrogens with zero attached hydrogens (tertiary/aromatic N) is 2. The van der Waals surface area contributed by atoms with Gasteiger partial charge in [-0.05, 0) is 18.6 Å². The highest BCUT2D eigenvalue weighted by atomic mass is 32.2. The molecule has 0 aliphatic heterocycles. The van der Waals surface area contributed by atoms with Crippen molar-refractivity contribution in [2.24, 2.45) is 0 Å². The highest BCUT2D eigenvalue weighted by Crippen LogP contribution is 2.11. The predicted octanol–water partition coefficient (Wildman–Crippen LogP) is 2.20. The average molecular weight is 263 g/mol. The molecule has 0 radical (unpaired) electrons. The minimum atomic E-state index is -0.766. The van der Waals surface area contributed by atoms with Gasteiger partial charge in [0.15, 0.2) is 0 Å². The molecule has 0 spiro atoms. The van der Waals surface area contributed by atoms with E-state index in [0.717, 1.165) is 29.8 Å². The predicted molar refractivity (Wildman–Crippen MR) is 76.2 cm³/mol. The first-order valence-electron chi connectivity index (χ1n) is 5.94. The Morgan fingerprint density at radius 1 is 1.33 bits per heavy atom. The molecule has 0 fully saturated rings. The smallest absolute Gasteiger partial charge is 0.145 e. The maximum atomic E-state index is 11.2. The van der Waals surface area contributed by atoms with Gasteiger partial charge in [-0.1, -0.05) is 19.1 Å². The van der Waals surface area contributed by atoms with E-state index in [1.165, 1.54) is 0 Å². The molecule has 0 bridgehead atoms. The van der Waals surface area contributed by atoms with E-state index in [2.05, 4.69) is 15.3 Å². The molecule has 0 saturated carbocycles. The van der Waals surface area contributed by atoms with Crippen LogP contribution in [0.3, 0.4) is 0 Å². The van der Waals surface area contributed by atoms with Crippen LogP contribution in [0, 0.1) is 0 Å². The summed E-state index contributed by atoms with van der Waals surface area (Å²) in [6, 6.07) is 7.77. The zero-order valence-electron chi connectivity index (χ0n) is 10.6. The van der Waals surface area contributed by atoms with E-state index < -0.39 is 10.8 Å². The molecule has 0 aliphatic carbocycles. The molecule has 2 aromatic rings. The highest BCUT2D eigenvalue weighted by Gasteiger charge is 2.05. The first-order valence-corrected chi connectivity index (χ1v) is 7.57. The van der Waals surface area contributed by atoms with Crippen molar-refractivity contribution in [1.29, 1.82) is 0 Å². The van der Waals surface area contributed by atoms with Gasteiger partial charge in [0.1, 0.15) is 5.82 Å². The maximum absolute atomic E-state index is 11.2. The van der Waals surface area contributed by atoms with Crippen molar-refractivity contribution < 1.29 is 4.21 Å². The van der Waals surface area contributed by atoms with Crippen LogP contribution in [0.25, 0.3) is 11.0 Å². The molecular formula is C13H17N3OS. The number of hydrogen-bond donors (Lipinski definition) is 1. The summed E-state index contributed by atoms with van der Waals surface area (Å²) in [5.41, 5.74) is 1.78. The Morgan fingerprint density at radius 2 is 2.06 bits per heavy atom. The highest BCUT2D eigenvalue weighted by molar-refractivity contribution is 7.84. The third kappa shape index (κ3) is 3.26. The lowest BCUT2D eigenvalue weighted by molar-refractivity contribution is 0.672. The van der Waals surface area contributed by atoms with Gasteiger partial charge in [-0.25, -0.2) is 4.98 Å². The minimum Gasteiger partial charge on any atom is -0.369 e. The molecule has 18 heavy (non-hydrogen) atoms. The fourth-order valence-electron chi connectivity index (χ4n) is 1.61. The van der Waals surface area contributed by atoms with Crippen molar-refractivity contribution in [3.05, 3.63) is 30.5 Å². The van der Waals surface area contributed by atoms with Crippen molar-refractivity contribution in [1.82, 2.24) is 9.97 Å². The second kappa shape index (κ2) is 5.91. The molecule has 96 valence electrons. The van der Waals surface area contributed by atoms with Gasteiger partial charge in [0.2, 0.25) is 0 Å². The van der Waals surface area contributed by atoms with Crippen LogP contribution < -0.4 is 5.32 Å². The van der Waals surface area contributed by atoms with Crippen LogP contribution in [0.2, 0.25) is 0 Å². The maximum Gasteiger partial charge on any atom is 0.145 e. The normalized spacial score (nSPS) is 14.3. The fourth-order valence-corrected chi connectivity index (χ4v) is 2.06. The summed E-state index contributed by atoms with van der Waals surface area (Å²) in [5.74, 6) is 0.766. The lowest BCUT2D eigenvalue weighted by Gasteiger charge is -2.09. The van der Waals surface area contributed by atoms with Crippen molar-refractivity contribution in [2.45, 2.75) is 18.6 Å². The Morgan fingerprint density at radius 3 is 2.78 bits per heavy atom. The van der Waals surface area contributed by atoms with Gasteiger partial charge in [-0.3, -0.25) is 9.19 Å². The topological polar surface area (TPSA) is 54.9 Å². The van der Waals surface area contributed by atoms with Gasteiger partial charge < -0.3 is 5.32 Å². The van der Waals surface area contributed by atoms with Crippen molar-refractivity contribution in [2.75, 3.05) is 18.1 Å². The monoisotopic (exact) mass is 263 g/mol. The average Bonchev–Trinajstić information content (AvgIpc) is 2.38. The molecule has 2 unspecified atom stereocenters. The van der Waals surface area contributed by atoms with Crippen molar-refractivity contribution in [3.8, 4) is 0 Å². The Labute approximate surface area is 109 Å². The van der Waals surface area contributed by atoms with E-state index in [-0.39, 0.29) is 5.25 Å². The molecular weight excluding hydrogens is 246 g/mol. The Kier molecular flexibility index (Phi) is 4.25. The molecule has 1 aromatic heterocycles. The van der Waals surface area contributed by atoms with E-state index >= 15 is 0 Å². The number of hydrogen-bond acceptors (Lipinski definition) is 4. The number of nitrogens with one attached hydrogen (secondary N) is 1. The molecule has 0 aliphatic rings. The van der Waals surface area contributed by atoms with Gasteiger partial charge in [0, 0.05) is 28.9 Å². The number of benzene rings is 1. The first-order chi connectivity index (χ1) is 8.66. The molecule has 1 aromatic carbocycles. The van der Waals surface area contributed by atoms with E-state index in [0.29, 0.717) is 0 Å². The van der Waals surface area contributed by atoms with E-state index in [4.69, 9.17) is 0 Å². The van der Waals surface area contributed by atoms with Crippen LogP contribution in [0.15, 0.2) is 30.5 Å². The van der Waals surface area contributed by atoms with Crippen molar-refractivity contribution in [3.63, 3.8) is 0 Å².